The normalized spacial score (nSPS) is 15.2. The topological polar surface area (TPSA) is 47.0 Å². The van der Waals surface area contributed by atoms with Gasteiger partial charge in [-0.1, -0.05) is 30.3 Å². The number of aromatic nitrogens is 1. The lowest BCUT2D eigenvalue weighted by atomic mass is 10.0. The highest BCUT2D eigenvalue weighted by Gasteiger charge is 2.33. The summed E-state index contributed by atoms with van der Waals surface area (Å²) in [5.41, 5.74) is 2.23. The Labute approximate surface area is 110 Å². The number of nitrogens with zero attached hydrogens (tertiary/aromatic N) is 1. The zero-order chi connectivity index (χ0) is 13.0. The molecule has 0 spiro atoms. The van der Waals surface area contributed by atoms with Crippen LogP contribution < -0.4 is 0 Å². The summed E-state index contributed by atoms with van der Waals surface area (Å²) in [6.07, 6.45) is 1.69. The summed E-state index contributed by atoms with van der Waals surface area (Å²) >= 11 is 0. The van der Waals surface area contributed by atoms with Gasteiger partial charge in [0.15, 0.2) is 0 Å². The third-order valence-electron chi connectivity index (χ3n) is 3.47. The lowest BCUT2D eigenvalue weighted by Gasteiger charge is -2.03. The number of fused-ring (bicyclic) bond motifs is 5. The molecule has 0 saturated carbocycles. The van der Waals surface area contributed by atoms with Crippen molar-refractivity contribution in [1.29, 1.82) is 0 Å². The van der Waals surface area contributed by atoms with Gasteiger partial charge in [-0.3, -0.25) is 4.98 Å². The van der Waals surface area contributed by atoms with Gasteiger partial charge in [-0.2, -0.15) is 0 Å². The first kappa shape index (κ1) is 10.7. The fraction of sp³-hybridized carbons (Fsp3) is 0. The SMILES string of the molecule is O=S1(=O)c2ccccc2-c2c1ccc1cccnc21. The van der Waals surface area contributed by atoms with E-state index >= 15 is 0 Å². The van der Waals surface area contributed by atoms with Gasteiger partial charge < -0.3 is 0 Å². The fourth-order valence-electron chi connectivity index (χ4n) is 2.64. The molecule has 3 nitrogen and oxygen atoms in total. The van der Waals surface area contributed by atoms with Crippen LogP contribution in [0.25, 0.3) is 22.0 Å². The van der Waals surface area contributed by atoms with E-state index in [1.54, 1.807) is 24.4 Å². The first-order chi connectivity index (χ1) is 9.19. The standard InChI is InChI=1S/C15H9NO2S/c17-19(18)12-6-2-1-5-11(12)14-13(19)8-7-10-4-3-9-16-15(10)14/h1-9H. The monoisotopic (exact) mass is 267 g/mol. The summed E-state index contributed by atoms with van der Waals surface area (Å²) in [4.78, 5) is 5.09. The summed E-state index contributed by atoms with van der Waals surface area (Å²) in [7, 11) is -3.40. The predicted molar refractivity (Wildman–Crippen MR) is 72.6 cm³/mol. The molecule has 1 aliphatic heterocycles. The smallest absolute Gasteiger partial charge is 0.207 e. The highest BCUT2D eigenvalue weighted by atomic mass is 32.2. The summed E-state index contributed by atoms with van der Waals surface area (Å²) < 4.78 is 25.0. The van der Waals surface area contributed by atoms with Crippen LogP contribution in [0.4, 0.5) is 0 Å². The van der Waals surface area contributed by atoms with E-state index in [1.807, 2.05) is 30.3 Å². The van der Waals surface area contributed by atoms with Crippen molar-refractivity contribution in [1.82, 2.24) is 4.98 Å². The molecule has 4 rings (SSSR count). The number of hydrogen-bond acceptors (Lipinski definition) is 3. The summed E-state index contributed by atoms with van der Waals surface area (Å²) in [5, 5.41) is 0.952. The van der Waals surface area contributed by atoms with Crippen LogP contribution in [0.5, 0.6) is 0 Å². The second-order valence-electron chi connectivity index (χ2n) is 4.51. The molecule has 2 aromatic carbocycles. The Bertz CT molecular complexity index is 930. The minimum absolute atomic E-state index is 0.361. The molecule has 2 heterocycles. The Morgan fingerprint density at radius 1 is 0.842 bits per heavy atom. The highest BCUT2D eigenvalue weighted by Crippen LogP contribution is 2.45. The molecule has 0 N–H and O–H groups in total. The maximum atomic E-state index is 12.5. The first-order valence-electron chi connectivity index (χ1n) is 5.92. The van der Waals surface area contributed by atoms with Crippen LogP contribution in [-0.4, -0.2) is 13.4 Å². The number of sulfone groups is 1. The Balaban J connectivity index is 2.29. The molecular weight excluding hydrogens is 258 g/mol. The van der Waals surface area contributed by atoms with Gasteiger partial charge in [0.25, 0.3) is 0 Å². The molecule has 0 atom stereocenters. The van der Waals surface area contributed by atoms with E-state index in [0.717, 1.165) is 22.0 Å². The molecule has 0 fully saturated rings. The van der Waals surface area contributed by atoms with E-state index in [-0.39, 0.29) is 0 Å². The maximum Gasteiger partial charge on any atom is 0.207 e. The highest BCUT2D eigenvalue weighted by molar-refractivity contribution is 7.92. The average molecular weight is 267 g/mol. The third-order valence-corrected chi connectivity index (χ3v) is 5.33. The van der Waals surface area contributed by atoms with Gasteiger partial charge in [-0.05, 0) is 18.2 Å². The molecule has 0 aliphatic carbocycles. The van der Waals surface area contributed by atoms with E-state index in [1.165, 1.54) is 0 Å². The van der Waals surface area contributed by atoms with Crippen LogP contribution in [0.15, 0.2) is 64.5 Å². The molecule has 1 aliphatic rings. The van der Waals surface area contributed by atoms with Gasteiger partial charge in [0, 0.05) is 22.7 Å². The molecule has 92 valence electrons. The van der Waals surface area contributed by atoms with Crippen molar-refractivity contribution in [2.45, 2.75) is 9.79 Å². The zero-order valence-corrected chi connectivity index (χ0v) is 10.7. The first-order valence-corrected chi connectivity index (χ1v) is 7.40. The van der Waals surface area contributed by atoms with Gasteiger partial charge in [-0.25, -0.2) is 8.42 Å². The molecule has 0 radical (unpaired) electrons. The van der Waals surface area contributed by atoms with Crippen LogP contribution in [0.3, 0.4) is 0 Å². The van der Waals surface area contributed by atoms with E-state index in [2.05, 4.69) is 4.98 Å². The molecule has 4 heteroatoms. The quantitative estimate of drug-likeness (QED) is 0.492. The van der Waals surface area contributed by atoms with Crippen LogP contribution in [0.1, 0.15) is 0 Å². The van der Waals surface area contributed by atoms with Crippen LogP contribution >= 0.6 is 0 Å². The molecule has 0 saturated heterocycles. The Hall–Kier alpha value is -2.20. The van der Waals surface area contributed by atoms with Gasteiger partial charge in [-0.15, -0.1) is 0 Å². The number of hydrogen-bond donors (Lipinski definition) is 0. The van der Waals surface area contributed by atoms with Gasteiger partial charge in [0.2, 0.25) is 9.84 Å². The van der Waals surface area contributed by atoms with Crippen molar-refractivity contribution in [2.75, 3.05) is 0 Å². The van der Waals surface area contributed by atoms with Crippen LogP contribution in [0.2, 0.25) is 0 Å². The lowest BCUT2D eigenvalue weighted by Crippen LogP contribution is -1.96. The maximum absolute atomic E-state index is 12.5. The molecule has 0 amide bonds. The number of rotatable bonds is 0. The Morgan fingerprint density at radius 3 is 2.58 bits per heavy atom. The largest absolute Gasteiger partial charge is 0.256 e. The predicted octanol–water partition coefficient (Wildman–Crippen LogP) is 3.05. The summed E-state index contributed by atoms with van der Waals surface area (Å²) in [5.74, 6) is 0. The Morgan fingerprint density at radius 2 is 1.68 bits per heavy atom. The lowest BCUT2D eigenvalue weighted by molar-refractivity contribution is 0.599. The summed E-state index contributed by atoms with van der Waals surface area (Å²) in [6, 6.07) is 14.4. The minimum atomic E-state index is -3.40. The van der Waals surface area contributed by atoms with Crippen LogP contribution in [0, 0.1) is 0 Å². The third kappa shape index (κ3) is 1.26. The molecular formula is C15H9NO2S. The molecule has 3 aromatic rings. The minimum Gasteiger partial charge on any atom is -0.256 e. The summed E-state index contributed by atoms with van der Waals surface area (Å²) in [6.45, 7) is 0. The van der Waals surface area contributed by atoms with Crippen molar-refractivity contribution < 1.29 is 8.42 Å². The van der Waals surface area contributed by atoms with Crippen molar-refractivity contribution in [3.63, 3.8) is 0 Å². The molecule has 0 unspecified atom stereocenters. The van der Waals surface area contributed by atoms with E-state index in [0.29, 0.717) is 9.79 Å². The van der Waals surface area contributed by atoms with E-state index < -0.39 is 9.84 Å². The van der Waals surface area contributed by atoms with Crippen molar-refractivity contribution in [2.24, 2.45) is 0 Å². The van der Waals surface area contributed by atoms with E-state index in [9.17, 15) is 8.42 Å². The number of benzene rings is 2. The van der Waals surface area contributed by atoms with E-state index in [4.69, 9.17) is 0 Å². The molecule has 1 aromatic heterocycles. The Kier molecular flexibility index (Phi) is 1.93. The second-order valence-corrected chi connectivity index (χ2v) is 6.40. The molecule has 0 bridgehead atoms. The fourth-order valence-corrected chi connectivity index (χ4v) is 4.31. The number of pyridine rings is 1. The average Bonchev–Trinajstić information content (AvgIpc) is 2.68. The van der Waals surface area contributed by atoms with Crippen molar-refractivity contribution in [3.8, 4) is 11.1 Å². The molecule has 19 heavy (non-hydrogen) atoms. The van der Waals surface area contributed by atoms with Gasteiger partial charge in [0.1, 0.15) is 0 Å². The zero-order valence-electron chi connectivity index (χ0n) is 9.87. The van der Waals surface area contributed by atoms with Crippen molar-refractivity contribution >= 4 is 20.7 Å². The van der Waals surface area contributed by atoms with Crippen molar-refractivity contribution in [3.05, 3.63) is 54.7 Å². The van der Waals surface area contributed by atoms with Crippen LogP contribution in [-0.2, 0) is 9.84 Å². The van der Waals surface area contributed by atoms with Gasteiger partial charge in [0.05, 0.1) is 15.3 Å². The second kappa shape index (κ2) is 3.42. The van der Waals surface area contributed by atoms with Gasteiger partial charge >= 0.3 is 0 Å².